The molecule has 0 saturated carbocycles. The second-order valence-corrected chi connectivity index (χ2v) is 7.14. The van der Waals surface area contributed by atoms with E-state index in [9.17, 15) is 22.4 Å². The summed E-state index contributed by atoms with van der Waals surface area (Å²) in [5, 5.41) is 2.13. The zero-order valence-electron chi connectivity index (χ0n) is 14.7. The summed E-state index contributed by atoms with van der Waals surface area (Å²) in [5.41, 5.74) is 4.23. The molecule has 3 N–H and O–H groups in total. The molecule has 144 valence electrons. The lowest BCUT2D eigenvalue weighted by Gasteiger charge is -2.33. The van der Waals surface area contributed by atoms with Crippen molar-refractivity contribution in [3.8, 4) is 0 Å². The Labute approximate surface area is 148 Å². The largest absolute Gasteiger partial charge is 0.397 e. The van der Waals surface area contributed by atoms with Gasteiger partial charge < -0.3 is 15.8 Å². The van der Waals surface area contributed by atoms with Crippen molar-refractivity contribution < 1.29 is 27.1 Å². The Hall–Kier alpha value is -2.16. The van der Waals surface area contributed by atoms with Crippen molar-refractivity contribution in [3.63, 3.8) is 0 Å². The molecule has 26 heavy (non-hydrogen) atoms. The van der Waals surface area contributed by atoms with Gasteiger partial charge in [0.2, 0.25) is 5.91 Å². The van der Waals surface area contributed by atoms with E-state index < -0.39 is 35.5 Å². The van der Waals surface area contributed by atoms with Gasteiger partial charge in [-0.25, -0.2) is 4.39 Å². The van der Waals surface area contributed by atoms with Gasteiger partial charge in [0.05, 0.1) is 11.1 Å². The maximum absolute atomic E-state index is 14.5. The summed E-state index contributed by atoms with van der Waals surface area (Å²) in [7, 11) is 0. The summed E-state index contributed by atoms with van der Waals surface area (Å²) in [6.07, 6.45) is -5.96. The van der Waals surface area contributed by atoms with Gasteiger partial charge in [-0.15, -0.1) is 0 Å². The molecule has 1 unspecified atom stereocenters. The van der Waals surface area contributed by atoms with Crippen molar-refractivity contribution in [2.75, 3.05) is 11.9 Å². The van der Waals surface area contributed by atoms with Crippen LogP contribution >= 0.6 is 0 Å². The normalized spacial score (nSPS) is 23.1. The van der Waals surface area contributed by atoms with Crippen molar-refractivity contribution in [1.29, 1.82) is 0 Å². The molecule has 1 aliphatic heterocycles. The number of amidine groups is 1. The summed E-state index contributed by atoms with van der Waals surface area (Å²) < 4.78 is 57.0. The molecule has 1 atom stereocenters. The third kappa shape index (κ3) is 5.17. The summed E-state index contributed by atoms with van der Waals surface area (Å²) in [6, 6.07) is 3.55. The van der Waals surface area contributed by atoms with Crippen LogP contribution in [-0.2, 0) is 15.1 Å². The molecule has 0 saturated heterocycles. The van der Waals surface area contributed by atoms with Crippen molar-refractivity contribution in [2.45, 2.75) is 50.9 Å². The minimum atomic E-state index is -4.62. The predicted octanol–water partition coefficient (Wildman–Crippen LogP) is 3.49. The minimum Gasteiger partial charge on any atom is -0.386 e. The highest BCUT2D eigenvalue weighted by molar-refractivity contribution is 5.91. The number of carbonyl (C=O) groups excluding carboxylic acids is 1. The van der Waals surface area contributed by atoms with Crippen molar-refractivity contribution in [2.24, 2.45) is 10.7 Å². The smallest absolute Gasteiger partial charge is 0.386 e. The maximum atomic E-state index is 14.5. The average molecular weight is 375 g/mol. The zero-order chi connectivity index (χ0) is 19.8. The maximum Gasteiger partial charge on any atom is 0.397 e. The first kappa shape index (κ1) is 20.2. The van der Waals surface area contributed by atoms with Crippen LogP contribution in [0.2, 0.25) is 0 Å². The number of rotatable bonds is 3. The first-order valence-corrected chi connectivity index (χ1v) is 7.94. The number of hydrogen-bond acceptors (Lipinski definition) is 4. The van der Waals surface area contributed by atoms with Gasteiger partial charge in [0.15, 0.2) is 0 Å². The Kier molecular flexibility index (Phi) is 5.32. The van der Waals surface area contributed by atoms with Crippen LogP contribution in [0.3, 0.4) is 0 Å². The van der Waals surface area contributed by atoms with E-state index in [4.69, 9.17) is 10.5 Å². The molecule has 0 bridgehead atoms. The standard InChI is InChI=1S/C17H21F4N3O2/c1-15(2)9-16(3,24-13(22)8-26-15)11-6-10(4-5-12(11)18)23-14(25)7-17(19,20)21/h4-6H,7-9H2,1-3H3,(H2,22,24)(H,23,25). The molecule has 1 amide bonds. The highest BCUT2D eigenvalue weighted by Crippen LogP contribution is 2.39. The predicted molar refractivity (Wildman–Crippen MR) is 89.3 cm³/mol. The number of benzene rings is 1. The van der Waals surface area contributed by atoms with E-state index in [1.165, 1.54) is 12.1 Å². The first-order valence-electron chi connectivity index (χ1n) is 7.94. The fourth-order valence-electron chi connectivity index (χ4n) is 3.10. The molecule has 0 aromatic heterocycles. The fraction of sp³-hybridized carbons (Fsp3) is 0.529. The molecule has 9 heteroatoms. The molecule has 0 fully saturated rings. The number of carbonyl (C=O) groups is 1. The second-order valence-electron chi connectivity index (χ2n) is 7.14. The van der Waals surface area contributed by atoms with Gasteiger partial charge in [-0.05, 0) is 39.0 Å². The van der Waals surface area contributed by atoms with E-state index in [-0.39, 0.29) is 30.1 Å². The zero-order valence-corrected chi connectivity index (χ0v) is 14.7. The van der Waals surface area contributed by atoms with Gasteiger partial charge >= 0.3 is 6.18 Å². The Morgan fingerprint density at radius 1 is 1.35 bits per heavy atom. The molecule has 2 rings (SSSR count). The molecule has 1 aliphatic rings. The lowest BCUT2D eigenvalue weighted by atomic mass is 9.82. The number of amides is 1. The first-order chi connectivity index (χ1) is 11.8. The van der Waals surface area contributed by atoms with Gasteiger partial charge in [0.1, 0.15) is 24.7 Å². The summed E-state index contributed by atoms with van der Waals surface area (Å²) >= 11 is 0. The average Bonchev–Trinajstić information content (AvgIpc) is 2.54. The fourth-order valence-corrected chi connectivity index (χ4v) is 3.10. The number of nitrogens with one attached hydrogen (secondary N) is 1. The van der Waals surface area contributed by atoms with Crippen LogP contribution in [0.4, 0.5) is 23.2 Å². The molecule has 5 nitrogen and oxygen atoms in total. The van der Waals surface area contributed by atoms with E-state index in [1.54, 1.807) is 6.92 Å². The Bertz CT molecular complexity index is 731. The van der Waals surface area contributed by atoms with Crippen LogP contribution in [0.1, 0.15) is 39.2 Å². The number of halogens is 4. The van der Waals surface area contributed by atoms with E-state index in [1.807, 2.05) is 13.8 Å². The Morgan fingerprint density at radius 2 is 2.00 bits per heavy atom. The molecule has 0 spiro atoms. The lowest BCUT2D eigenvalue weighted by molar-refractivity contribution is -0.150. The lowest BCUT2D eigenvalue weighted by Crippen LogP contribution is -2.33. The van der Waals surface area contributed by atoms with Crippen molar-refractivity contribution >= 4 is 17.4 Å². The Balaban J connectivity index is 2.36. The van der Waals surface area contributed by atoms with E-state index in [0.29, 0.717) is 0 Å². The molecule has 0 radical (unpaired) electrons. The summed E-state index contributed by atoms with van der Waals surface area (Å²) in [6.45, 7) is 5.38. The van der Waals surface area contributed by atoms with E-state index >= 15 is 0 Å². The van der Waals surface area contributed by atoms with Crippen LogP contribution in [0.5, 0.6) is 0 Å². The molecule has 0 aliphatic carbocycles. The van der Waals surface area contributed by atoms with Crippen molar-refractivity contribution in [1.82, 2.24) is 0 Å². The van der Waals surface area contributed by atoms with Gasteiger partial charge in [0.25, 0.3) is 0 Å². The minimum absolute atomic E-state index is 0.0496. The van der Waals surface area contributed by atoms with Gasteiger partial charge in [-0.2, -0.15) is 13.2 Å². The number of nitrogens with two attached hydrogens (primary N) is 1. The molecule has 1 aromatic rings. The second kappa shape index (κ2) is 6.86. The van der Waals surface area contributed by atoms with Crippen LogP contribution in [0.25, 0.3) is 0 Å². The molecule has 1 aromatic carbocycles. The SMILES string of the molecule is CC1(C)CC(C)(c2cc(NC(=O)CC(F)(F)F)ccc2F)N=C(N)CO1. The summed E-state index contributed by atoms with van der Waals surface area (Å²) in [5.74, 6) is -1.65. The van der Waals surface area contributed by atoms with Gasteiger partial charge in [0, 0.05) is 17.7 Å². The number of ether oxygens (including phenoxy) is 1. The number of aliphatic imine (C=N–C) groups is 1. The number of hydrogen-bond donors (Lipinski definition) is 2. The van der Waals surface area contributed by atoms with Crippen LogP contribution in [-0.4, -0.2) is 30.1 Å². The van der Waals surface area contributed by atoms with Crippen LogP contribution in [0, 0.1) is 5.82 Å². The molecular weight excluding hydrogens is 354 g/mol. The van der Waals surface area contributed by atoms with Gasteiger partial charge in [-0.3, -0.25) is 9.79 Å². The molecule has 1 heterocycles. The van der Waals surface area contributed by atoms with Crippen molar-refractivity contribution in [3.05, 3.63) is 29.6 Å². The van der Waals surface area contributed by atoms with Gasteiger partial charge in [-0.1, -0.05) is 0 Å². The topological polar surface area (TPSA) is 76.7 Å². The number of nitrogens with zero attached hydrogens (tertiary/aromatic N) is 1. The third-order valence-corrected chi connectivity index (χ3v) is 3.96. The number of alkyl halides is 3. The molecular formula is C17H21F4N3O2. The number of anilines is 1. The quantitative estimate of drug-likeness (QED) is 0.794. The van der Waals surface area contributed by atoms with Crippen LogP contribution < -0.4 is 11.1 Å². The highest BCUT2D eigenvalue weighted by Gasteiger charge is 2.39. The monoisotopic (exact) mass is 375 g/mol. The highest BCUT2D eigenvalue weighted by atomic mass is 19.4. The van der Waals surface area contributed by atoms with E-state index in [0.717, 1.165) is 6.07 Å². The Morgan fingerprint density at radius 3 is 2.62 bits per heavy atom. The van der Waals surface area contributed by atoms with Crippen LogP contribution in [0.15, 0.2) is 23.2 Å². The van der Waals surface area contributed by atoms with E-state index in [2.05, 4.69) is 10.3 Å². The third-order valence-electron chi connectivity index (χ3n) is 3.96. The summed E-state index contributed by atoms with van der Waals surface area (Å²) in [4.78, 5) is 15.8.